The van der Waals surface area contributed by atoms with Crippen LogP contribution in [0.4, 0.5) is 5.13 Å². The Labute approximate surface area is 100 Å². The molecule has 2 unspecified atom stereocenters. The molecule has 1 aliphatic carbocycles. The fourth-order valence-electron chi connectivity index (χ4n) is 2.08. The van der Waals surface area contributed by atoms with Gasteiger partial charge in [-0.3, -0.25) is 0 Å². The maximum absolute atomic E-state index is 6.16. The highest BCUT2D eigenvalue weighted by molar-refractivity contribution is 7.13. The monoisotopic (exact) mass is 244 g/mol. The number of rotatable bonds is 3. The van der Waals surface area contributed by atoms with Gasteiger partial charge in [0.05, 0.1) is 5.69 Å². The number of halogens is 1. The molecule has 0 aliphatic heterocycles. The summed E-state index contributed by atoms with van der Waals surface area (Å²) in [4.78, 5) is 4.39. The first-order valence-electron chi connectivity index (χ1n) is 5.54. The zero-order valence-electron chi connectivity index (χ0n) is 9.00. The van der Waals surface area contributed by atoms with Crippen LogP contribution in [0.15, 0.2) is 5.38 Å². The first-order valence-corrected chi connectivity index (χ1v) is 6.85. The topological polar surface area (TPSA) is 24.9 Å². The number of anilines is 1. The molecule has 0 bridgehead atoms. The molecule has 4 heteroatoms. The van der Waals surface area contributed by atoms with Gasteiger partial charge in [-0.25, -0.2) is 4.98 Å². The number of thiazole rings is 1. The van der Waals surface area contributed by atoms with Crippen LogP contribution in [-0.4, -0.2) is 16.9 Å². The fraction of sp³-hybridized carbons (Fsp3) is 0.727. The molecule has 2 nitrogen and oxygen atoms in total. The number of nitrogens with zero attached hydrogens (tertiary/aromatic N) is 1. The van der Waals surface area contributed by atoms with Gasteiger partial charge >= 0.3 is 0 Å². The van der Waals surface area contributed by atoms with Crippen LogP contribution in [0.5, 0.6) is 0 Å². The number of nitrogens with one attached hydrogen (secondary N) is 1. The maximum atomic E-state index is 6.16. The Morgan fingerprint density at radius 3 is 3.13 bits per heavy atom. The summed E-state index contributed by atoms with van der Waals surface area (Å²) in [6.07, 6.45) is 4.92. The smallest absolute Gasteiger partial charge is 0.182 e. The van der Waals surface area contributed by atoms with E-state index in [2.05, 4.69) is 15.7 Å². The number of hydrogen-bond donors (Lipinski definition) is 1. The molecule has 0 saturated heterocycles. The summed E-state index contributed by atoms with van der Waals surface area (Å²) in [5, 5.41) is 6.92. The highest BCUT2D eigenvalue weighted by Gasteiger charge is 2.20. The highest BCUT2D eigenvalue weighted by atomic mass is 35.5. The van der Waals surface area contributed by atoms with E-state index < -0.39 is 0 Å². The molecular formula is C11H17ClN2S. The van der Waals surface area contributed by atoms with Crippen LogP contribution in [0, 0.1) is 12.8 Å². The van der Waals surface area contributed by atoms with E-state index in [4.69, 9.17) is 11.6 Å². The molecule has 1 N–H and O–H groups in total. The second-order valence-corrected chi connectivity index (χ2v) is 5.78. The summed E-state index contributed by atoms with van der Waals surface area (Å²) in [6, 6.07) is 0. The van der Waals surface area contributed by atoms with E-state index in [0.29, 0.717) is 5.38 Å². The summed E-state index contributed by atoms with van der Waals surface area (Å²) >= 11 is 7.84. The first kappa shape index (κ1) is 11.2. The van der Waals surface area contributed by atoms with Crippen molar-refractivity contribution >= 4 is 28.1 Å². The van der Waals surface area contributed by atoms with E-state index >= 15 is 0 Å². The van der Waals surface area contributed by atoms with Crippen molar-refractivity contribution < 1.29 is 0 Å². The van der Waals surface area contributed by atoms with E-state index in [-0.39, 0.29) is 0 Å². The Kier molecular flexibility index (Phi) is 3.87. The van der Waals surface area contributed by atoms with Gasteiger partial charge in [0.1, 0.15) is 0 Å². The number of aryl methyl sites for hydroxylation is 1. The molecule has 1 saturated carbocycles. The molecule has 1 fully saturated rings. The normalized spacial score (nSPS) is 26.5. The van der Waals surface area contributed by atoms with Crippen LogP contribution < -0.4 is 5.32 Å². The average Bonchev–Trinajstić information content (AvgIpc) is 2.62. The minimum Gasteiger partial charge on any atom is -0.361 e. The van der Waals surface area contributed by atoms with Gasteiger partial charge in [-0.2, -0.15) is 0 Å². The largest absolute Gasteiger partial charge is 0.361 e. The van der Waals surface area contributed by atoms with Gasteiger partial charge in [0, 0.05) is 17.3 Å². The molecule has 1 aromatic heterocycles. The summed E-state index contributed by atoms with van der Waals surface area (Å²) in [6.45, 7) is 3.05. The SMILES string of the molecule is Cc1csc(NCC2CCCC(Cl)C2)n1. The molecule has 2 rings (SSSR count). The highest BCUT2D eigenvalue weighted by Crippen LogP contribution is 2.28. The van der Waals surface area contributed by atoms with Gasteiger partial charge in [0.25, 0.3) is 0 Å². The van der Waals surface area contributed by atoms with Crippen molar-refractivity contribution in [2.24, 2.45) is 5.92 Å². The van der Waals surface area contributed by atoms with Gasteiger partial charge in [-0.15, -0.1) is 22.9 Å². The van der Waals surface area contributed by atoms with Gasteiger partial charge in [-0.1, -0.05) is 6.42 Å². The lowest BCUT2D eigenvalue weighted by Gasteiger charge is -2.25. The van der Waals surface area contributed by atoms with Gasteiger partial charge in [0.2, 0.25) is 0 Å². The van der Waals surface area contributed by atoms with Crippen LogP contribution in [0.25, 0.3) is 0 Å². The predicted molar refractivity (Wildman–Crippen MR) is 66.9 cm³/mol. The van der Waals surface area contributed by atoms with Crippen LogP contribution in [-0.2, 0) is 0 Å². The van der Waals surface area contributed by atoms with Crippen molar-refractivity contribution in [3.63, 3.8) is 0 Å². The van der Waals surface area contributed by atoms with Crippen molar-refractivity contribution in [3.05, 3.63) is 11.1 Å². The van der Waals surface area contributed by atoms with Crippen molar-refractivity contribution in [2.75, 3.05) is 11.9 Å². The van der Waals surface area contributed by atoms with Crippen molar-refractivity contribution in [1.82, 2.24) is 4.98 Å². The zero-order valence-corrected chi connectivity index (χ0v) is 10.6. The first-order chi connectivity index (χ1) is 7.24. The lowest BCUT2D eigenvalue weighted by molar-refractivity contribution is 0.378. The van der Waals surface area contributed by atoms with Gasteiger partial charge < -0.3 is 5.32 Å². The Balaban J connectivity index is 1.77. The summed E-state index contributed by atoms with van der Waals surface area (Å²) in [5.41, 5.74) is 1.10. The Morgan fingerprint density at radius 1 is 1.60 bits per heavy atom. The lowest BCUT2D eigenvalue weighted by atomic mass is 9.89. The van der Waals surface area contributed by atoms with E-state index in [9.17, 15) is 0 Å². The quantitative estimate of drug-likeness (QED) is 0.821. The predicted octanol–water partition coefficient (Wildman–Crippen LogP) is 3.66. The molecule has 1 heterocycles. The molecular weight excluding hydrogens is 228 g/mol. The molecule has 0 amide bonds. The second kappa shape index (κ2) is 5.17. The molecule has 15 heavy (non-hydrogen) atoms. The lowest BCUT2D eigenvalue weighted by Crippen LogP contribution is -2.22. The van der Waals surface area contributed by atoms with Crippen molar-refractivity contribution in [1.29, 1.82) is 0 Å². The van der Waals surface area contributed by atoms with Crippen LogP contribution >= 0.6 is 22.9 Å². The number of alkyl halides is 1. The Morgan fingerprint density at radius 2 is 2.47 bits per heavy atom. The van der Waals surface area contributed by atoms with E-state index in [1.165, 1.54) is 19.3 Å². The standard InChI is InChI=1S/C11H17ClN2S/c1-8-7-15-11(14-8)13-6-9-3-2-4-10(12)5-9/h7,9-10H,2-6H2,1H3,(H,13,14). The molecule has 1 aromatic rings. The van der Waals surface area contributed by atoms with Crippen LogP contribution in [0.3, 0.4) is 0 Å². The summed E-state index contributed by atoms with van der Waals surface area (Å²) in [7, 11) is 0. The van der Waals surface area contributed by atoms with Gasteiger partial charge in [-0.05, 0) is 32.1 Å². The Hall–Kier alpha value is -0.280. The fourth-order valence-corrected chi connectivity index (χ4v) is 3.18. The second-order valence-electron chi connectivity index (χ2n) is 4.30. The maximum Gasteiger partial charge on any atom is 0.182 e. The number of aromatic nitrogens is 1. The summed E-state index contributed by atoms with van der Waals surface area (Å²) in [5.74, 6) is 0.727. The van der Waals surface area contributed by atoms with Crippen LogP contribution in [0.1, 0.15) is 31.4 Å². The van der Waals surface area contributed by atoms with E-state index in [1.54, 1.807) is 11.3 Å². The number of hydrogen-bond acceptors (Lipinski definition) is 3. The Bertz CT molecular complexity index is 313. The third-order valence-corrected chi connectivity index (χ3v) is 4.19. The molecule has 1 aliphatic rings. The molecule has 0 aromatic carbocycles. The average molecular weight is 245 g/mol. The van der Waals surface area contributed by atoms with E-state index in [1.807, 2.05) is 6.92 Å². The molecule has 84 valence electrons. The minimum atomic E-state index is 0.392. The minimum absolute atomic E-state index is 0.392. The van der Waals surface area contributed by atoms with Crippen molar-refractivity contribution in [2.45, 2.75) is 38.0 Å². The summed E-state index contributed by atoms with van der Waals surface area (Å²) < 4.78 is 0. The molecule has 0 radical (unpaired) electrons. The third kappa shape index (κ3) is 3.35. The van der Waals surface area contributed by atoms with Crippen LogP contribution in [0.2, 0.25) is 0 Å². The van der Waals surface area contributed by atoms with E-state index in [0.717, 1.165) is 29.7 Å². The molecule has 0 spiro atoms. The van der Waals surface area contributed by atoms with Crippen molar-refractivity contribution in [3.8, 4) is 0 Å². The third-order valence-electron chi connectivity index (χ3n) is 2.88. The zero-order chi connectivity index (χ0) is 10.7. The molecule has 2 atom stereocenters. The van der Waals surface area contributed by atoms with Gasteiger partial charge in [0.15, 0.2) is 5.13 Å².